The molecule has 1 atom stereocenters. The van der Waals surface area contributed by atoms with Crippen LogP contribution in [-0.2, 0) is 9.59 Å². The fourth-order valence-electron chi connectivity index (χ4n) is 1.73. The molecule has 0 bridgehead atoms. The third-order valence-corrected chi connectivity index (χ3v) is 2.88. The molecule has 100 valence electrons. The lowest BCUT2D eigenvalue weighted by molar-refractivity contribution is -0.138. The van der Waals surface area contributed by atoms with Crippen LogP contribution in [0.25, 0.3) is 0 Å². The monoisotopic (exact) mass is 263 g/mol. The summed E-state index contributed by atoms with van der Waals surface area (Å²) in [5.41, 5.74) is 0. The van der Waals surface area contributed by atoms with Crippen LogP contribution in [0.5, 0.6) is 0 Å². The van der Waals surface area contributed by atoms with Crippen LogP contribution in [0.1, 0.15) is 19.3 Å². The molecule has 1 heterocycles. The Morgan fingerprint density at radius 1 is 1.24 bits per heavy atom. The van der Waals surface area contributed by atoms with E-state index in [1.165, 1.54) is 9.80 Å². The highest BCUT2D eigenvalue weighted by Gasteiger charge is 2.21. The third kappa shape index (κ3) is 5.37. The average Bonchev–Trinajstić information content (AvgIpc) is 2.69. The first-order valence-electron chi connectivity index (χ1n) is 5.68. The highest BCUT2D eigenvalue weighted by atomic mass is 35.5. The van der Waals surface area contributed by atoms with Crippen molar-refractivity contribution in [1.82, 2.24) is 15.1 Å². The van der Waals surface area contributed by atoms with Crippen LogP contribution in [0.15, 0.2) is 0 Å². The molecule has 6 heteroatoms. The summed E-state index contributed by atoms with van der Waals surface area (Å²) in [4.78, 5) is 26.2. The Morgan fingerprint density at radius 2 is 1.88 bits per heavy atom. The summed E-state index contributed by atoms with van der Waals surface area (Å²) in [6, 6.07) is 0.296. The summed E-state index contributed by atoms with van der Waals surface area (Å²) in [5, 5.41) is 3.28. The van der Waals surface area contributed by atoms with Gasteiger partial charge in [-0.15, -0.1) is 12.4 Å². The minimum atomic E-state index is -0.0461. The third-order valence-electron chi connectivity index (χ3n) is 2.88. The number of halogens is 1. The predicted octanol–water partition coefficient (Wildman–Crippen LogP) is 0.0969. The van der Waals surface area contributed by atoms with Gasteiger partial charge in [-0.1, -0.05) is 0 Å². The Bertz CT molecular complexity index is 265. The highest BCUT2D eigenvalue weighted by molar-refractivity contribution is 5.85. The van der Waals surface area contributed by atoms with Crippen LogP contribution < -0.4 is 5.32 Å². The van der Waals surface area contributed by atoms with Gasteiger partial charge in [0.15, 0.2) is 0 Å². The van der Waals surface area contributed by atoms with E-state index in [1.807, 2.05) is 0 Å². The maximum absolute atomic E-state index is 11.8. The number of nitrogens with one attached hydrogen (secondary N) is 1. The van der Waals surface area contributed by atoms with Crippen molar-refractivity contribution in [2.75, 3.05) is 34.2 Å². The fourth-order valence-corrected chi connectivity index (χ4v) is 1.73. The first-order chi connectivity index (χ1) is 7.50. The van der Waals surface area contributed by atoms with E-state index in [-0.39, 0.29) is 30.8 Å². The molecule has 0 aromatic carbocycles. The van der Waals surface area contributed by atoms with Gasteiger partial charge < -0.3 is 15.1 Å². The van der Waals surface area contributed by atoms with Crippen molar-refractivity contribution in [2.24, 2.45) is 0 Å². The van der Waals surface area contributed by atoms with Gasteiger partial charge in [0.2, 0.25) is 11.8 Å². The fraction of sp³-hybridized carbons (Fsp3) is 0.818. The summed E-state index contributed by atoms with van der Waals surface area (Å²) >= 11 is 0. The zero-order valence-corrected chi connectivity index (χ0v) is 11.5. The molecule has 0 radical (unpaired) electrons. The Labute approximate surface area is 109 Å². The largest absolute Gasteiger partial charge is 0.347 e. The summed E-state index contributed by atoms with van der Waals surface area (Å²) < 4.78 is 0. The number of hydrogen-bond acceptors (Lipinski definition) is 3. The number of rotatable bonds is 4. The van der Waals surface area contributed by atoms with Crippen molar-refractivity contribution < 1.29 is 9.59 Å². The van der Waals surface area contributed by atoms with Gasteiger partial charge in [-0.05, 0) is 19.4 Å². The average molecular weight is 264 g/mol. The van der Waals surface area contributed by atoms with Crippen LogP contribution in [0.2, 0.25) is 0 Å². The lowest BCUT2D eigenvalue weighted by Gasteiger charge is -2.20. The number of hydrogen-bond donors (Lipinski definition) is 1. The van der Waals surface area contributed by atoms with Crippen molar-refractivity contribution in [2.45, 2.75) is 25.3 Å². The maximum atomic E-state index is 11.8. The first-order valence-corrected chi connectivity index (χ1v) is 5.68. The zero-order chi connectivity index (χ0) is 12.1. The van der Waals surface area contributed by atoms with Crippen molar-refractivity contribution >= 4 is 24.2 Å². The van der Waals surface area contributed by atoms with Gasteiger partial charge in [-0.25, -0.2) is 0 Å². The molecule has 0 saturated carbocycles. The van der Waals surface area contributed by atoms with Crippen molar-refractivity contribution in [1.29, 1.82) is 0 Å². The molecule has 1 rings (SSSR count). The molecule has 1 saturated heterocycles. The second-order valence-electron chi connectivity index (χ2n) is 4.54. The van der Waals surface area contributed by atoms with Crippen molar-refractivity contribution in [3.05, 3.63) is 0 Å². The number of nitrogens with zero attached hydrogens (tertiary/aromatic N) is 2. The topological polar surface area (TPSA) is 52.7 Å². The summed E-state index contributed by atoms with van der Waals surface area (Å²) in [6.07, 6.45) is 2.69. The second-order valence-corrected chi connectivity index (χ2v) is 4.54. The van der Waals surface area contributed by atoms with E-state index in [2.05, 4.69) is 5.32 Å². The molecule has 0 aromatic rings. The summed E-state index contributed by atoms with van der Waals surface area (Å²) in [6.45, 7) is 1.16. The molecule has 1 aliphatic rings. The molecule has 0 spiro atoms. The molecule has 0 aromatic heterocycles. The molecule has 1 unspecified atom stereocenters. The van der Waals surface area contributed by atoms with Crippen molar-refractivity contribution in [3.63, 3.8) is 0 Å². The molecule has 1 aliphatic heterocycles. The standard InChI is InChI=1S/C11H21N3O2.ClH/c1-13(2)11(16)8-14(3)10(15)7-9-5-4-6-12-9;/h9,12H,4-8H2,1-3H3;1H. The summed E-state index contributed by atoms with van der Waals surface area (Å²) in [5.74, 6) is -0.00942. The van der Waals surface area contributed by atoms with Gasteiger partial charge in [0.05, 0.1) is 6.54 Å². The van der Waals surface area contributed by atoms with Gasteiger partial charge in [0.25, 0.3) is 0 Å². The minimum absolute atomic E-state index is 0. The van der Waals surface area contributed by atoms with Crippen molar-refractivity contribution in [3.8, 4) is 0 Å². The minimum Gasteiger partial charge on any atom is -0.347 e. The molecule has 0 aliphatic carbocycles. The van der Waals surface area contributed by atoms with Crippen LogP contribution in [0.3, 0.4) is 0 Å². The maximum Gasteiger partial charge on any atom is 0.241 e. The quantitative estimate of drug-likeness (QED) is 0.783. The zero-order valence-electron chi connectivity index (χ0n) is 10.7. The molecule has 1 N–H and O–H groups in total. The molecule has 1 fully saturated rings. The SMILES string of the molecule is CN(C)C(=O)CN(C)C(=O)CC1CCCN1.Cl. The Balaban J connectivity index is 0.00000256. The molecule has 2 amide bonds. The summed E-state index contributed by atoms with van der Waals surface area (Å²) in [7, 11) is 5.07. The van der Waals surface area contributed by atoms with Gasteiger partial charge in [-0.2, -0.15) is 0 Å². The second kappa shape index (κ2) is 7.50. The number of amides is 2. The van der Waals surface area contributed by atoms with E-state index in [0.717, 1.165) is 19.4 Å². The highest BCUT2D eigenvalue weighted by Crippen LogP contribution is 2.09. The molecular formula is C11H22ClN3O2. The van der Waals surface area contributed by atoms with Gasteiger partial charge >= 0.3 is 0 Å². The van der Waals surface area contributed by atoms with Gasteiger partial charge in [0, 0.05) is 33.6 Å². The van der Waals surface area contributed by atoms with Crippen LogP contribution >= 0.6 is 12.4 Å². The van der Waals surface area contributed by atoms with Crippen LogP contribution in [-0.4, -0.2) is 61.9 Å². The van der Waals surface area contributed by atoms with E-state index in [0.29, 0.717) is 12.5 Å². The predicted molar refractivity (Wildman–Crippen MR) is 69.2 cm³/mol. The number of carbonyl (C=O) groups excluding carboxylic acids is 2. The van der Waals surface area contributed by atoms with E-state index >= 15 is 0 Å². The van der Waals surface area contributed by atoms with Crippen LogP contribution in [0, 0.1) is 0 Å². The van der Waals surface area contributed by atoms with E-state index in [9.17, 15) is 9.59 Å². The van der Waals surface area contributed by atoms with E-state index in [4.69, 9.17) is 0 Å². The number of carbonyl (C=O) groups is 2. The smallest absolute Gasteiger partial charge is 0.241 e. The Hall–Kier alpha value is -0.810. The lowest BCUT2D eigenvalue weighted by Crippen LogP contribution is -2.39. The van der Waals surface area contributed by atoms with Gasteiger partial charge in [-0.3, -0.25) is 9.59 Å². The Morgan fingerprint density at radius 3 is 2.35 bits per heavy atom. The Kier molecular flexibility index (Phi) is 7.15. The van der Waals surface area contributed by atoms with E-state index < -0.39 is 0 Å². The molecular weight excluding hydrogens is 242 g/mol. The molecule has 17 heavy (non-hydrogen) atoms. The molecule has 5 nitrogen and oxygen atoms in total. The first kappa shape index (κ1) is 16.2. The normalized spacial score (nSPS) is 18.4. The lowest BCUT2D eigenvalue weighted by atomic mass is 10.1. The van der Waals surface area contributed by atoms with Gasteiger partial charge in [0.1, 0.15) is 0 Å². The number of likely N-dealkylation sites (N-methyl/N-ethyl adjacent to an activating group) is 2. The van der Waals surface area contributed by atoms with E-state index in [1.54, 1.807) is 21.1 Å². The van der Waals surface area contributed by atoms with Crippen LogP contribution in [0.4, 0.5) is 0 Å².